The van der Waals surface area contributed by atoms with Crippen LogP contribution in [0.4, 0.5) is 8.78 Å². The normalized spacial score (nSPS) is 16.6. The fourth-order valence-corrected chi connectivity index (χ4v) is 3.67. The predicted octanol–water partition coefficient (Wildman–Crippen LogP) is 4.08. The number of Topliss-reactive ketones (excluding diaryl/α,β-unsaturated/α-hetero) is 1. The van der Waals surface area contributed by atoms with E-state index in [2.05, 4.69) is 22.6 Å². The Labute approximate surface area is 181 Å². The second-order valence-corrected chi connectivity index (χ2v) is 7.74. The van der Waals surface area contributed by atoms with Crippen molar-refractivity contribution in [1.29, 1.82) is 0 Å². The molecule has 1 heterocycles. The molecule has 1 atom stereocenters. The number of nitrogens with zero attached hydrogens (tertiary/aromatic N) is 1. The van der Waals surface area contributed by atoms with Gasteiger partial charge in [0.15, 0.2) is 23.2 Å². The van der Waals surface area contributed by atoms with Gasteiger partial charge in [0.2, 0.25) is 0 Å². The Balaban J connectivity index is 1.65. The monoisotopic (exact) mass is 515 g/mol. The first kappa shape index (κ1) is 21.6. The van der Waals surface area contributed by atoms with Crippen molar-refractivity contribution in [2.24, 2.45) is 0 Å². The van der Waals surface area contributed by atoms with Gasteiger partial charge in [-0.25, -0.2) is 8.78 Å². The van der Waals surface area contributed by atoms with E-state index in [1.807, 2.05) is 12.1 Å². The van der Waals surface area contributed by atoms with E-state index in [-0.39, 0.29) is 36.8 Å². The highest BCUT2D eigenvalue weighted by Crippen LogP contribution is 2.25. The van der Waals surface area contributed by atoms with E-state index in [1.54, 1.807) is 24.0 Å². The minimum Gasteiger partial charge on any atom is -0.485 e. The molecule has 1 aliphatic rings. The summed E-state index contributed by atoms with van der Waals surface area (Å²) in [6, 6.07) is 9.21. The van der Waals surface area contributed by atoms with Crippen LogP contribution in [0.1, 0.15) is 34.1 Å². The first-order chi connectivity index (χ1) is 13.9. The van der Waals surface area contributed by atoms with Gasteiger partial charge in [0, 0.05) is 22.1 Å². The summed E-state index contributed by atoms with van der Waals surface area (Å²) in [5.74, 6) is -2.91. The SMILES string of the molecule is CCC(=O)c1cc(F)c(OCC2CN(C(=O)c3ccccc3I)CCO2)c(F)c1. The average Bonchev–Trinajstić information content (AvgIpc) is 2.72. The lowest BCUT2D eigenvalue weighted by atomic mass is 10.1. The van der Waals surface area contributed by atoms with Crippen molar-refractivity contribution >= 4 is 34.3 Å². The molecule has 1 unspecified atom stereocenters. The molecule has 0 spiro atoms. The van der Waals surface area contributed by atoms with Crippen LogP contribution >= 0.6 is 22.6 Å². The van der Waals surface area contributed by atoms with Crippen molar-refractivity contribution < 1.29 is 27.8 Å². The average molecular weight is 515 g/mol. The Bertz CT molecular complexity index is 898. The maximum absolute atomic E-state index is 14.2. The highest BCUT2D eigenvalue weighted by atomic mass is 127. The Morgan fingerprint density at radius 1 is 1.24 bits per heavy atom. The summed E-state index contributed by atoms with van der Waals surface area (Å²) in [6.45, 7) is 2.48. The van der Waals surface area contributed by atoms with Crippen LogP contribution in [0.25, 0.3) is 0 Å². The quantitative estimate of drug-likeness (QED) is 0.430. The Morgan fingerprint density at radius 3 is 2.59 bits per heavy atom. The predicted molar refractivity (Wildman–Crippen MR) is 111 cm³/mol. The van der Waals surface area contributed by atoms with Gasteiger partial charge >= 0.3 is 0 Å². The lowest BCUT2D eigenvalue weighted by Gasteiger charge is -2.33. The number of morpholine rings is 1. The molecule has 154 valence electrons. The molecule has 1 saturated heterocycles. The molecule has 2 aromatic rings. The summed E-state index contributed by atoms with van der Waals surface area (Å²) in [7, 11) is 0. The van der Waals surface area contributed by atoms with Gasteiger partial charge in [0.1, 0.15) is 12.7 Å². The van der Waals surface area contributed by atoms with Crippen molar-refractivity contribution in [1.82, 2.24) is 4.90 Å². The lowest BCUT2D eigenvalue weighted by Crippen LogP contribution is -2.47. The summed E-state index contributed by atoms with van der Waals surface area (Å²) in [5, 5.41) is 0. The molecule has 0 radical (unpaired) electrons. The third kappa shape index (κ3) is 5.11. The summed E-state index contributed by atoms with van der Waals surface area (Å²) in [4.78, 5) is 26.0. The lowest BCUT2D eigenvalue weighted by molar-refractivity contribution is -0.0411. The van der Waals surface area contributed by atoms with Crippen LogP contribution in [0.5, 0.6) is 5.75 Å². The largest absolute Gasteiger partial charge is 0.485 e. The first-order valence-corrected chi connectivity index (χ1v) is 10.3. The second-order valence-electron chi connectivity index (χ2n) is 6.58. The van der Waals surface area contributed by atoms with Crippen LogP contribution in [-0.2, 0) is 4.74 Å². The maximum Gasteiger partial charge on any atom is 0.255 e. The number of rotatable bonds is 6. The number of ketones is 1. The van der Waals surface area contributed by atoms with Crippen LogP contribution < -0.4 is 4.74 Å². The van der Waals surface area contributed by atoms with Gasteiger partial charge in [0.05, 0.1) is 18.7 Å². The summed E-state index contributed by atoms with van der Waals surface area (Å²) in [5.41, 5.74) is 0.570. The third-order valence-electron chi connectivity index (χ3n) is 4.59. The molecule has 1 fully saturated rings. The van der Waals surface area contributed by atoms with E-state index in [1.165, 1.54) is 0 Å². The van der Waals surface area contributed by atoms with Gasteiger partial charge in [-0.1, -0.05) is 19.1 Å². The summed E-state index contributed by atoms with van der Waals surface area (Å²) in [6.07, 6.45) is -0.371. The van der Waals surface area contributed by atoms with Crippen molar-refractivity contribution in [3.05, 3.63) is 62.7 Å². The smallest absolute Gasteiger partial charge is 0.255 e. The Hall–Kier alpha value is -2.07. The fourth-order valence-electron chi connectivity index (χ4n) is 3.05. The summed E-state index contributed by atoms with van der Waals surface area (Å²) >= 11 is 2.11. The molecule has 29 heavy (non-hydrogen) atoms. The van der Waals surface area contributed by atoms with Crippen LogP contribution in [0, 0.1) is 15.2 Å². The van der Waals surface area contributed by atoms with Crippen LogP contribution in [0.15, 0.2) is 36.4 Å². The number of hydrogen-bond acceptors (Lipinski definition) is 4. The number of benzene rings is 2. The van der Waals surface area contributed by atoms with Crippen molar-refractivity contribution in [2.75, 3.05) is 26.3 Å². The molecular weight excluding hydrogens is 495 g/mol. The standard InChI is InChI=1S/C21H20F2INO4/c1-2-19(26)13-9-16(22)20(17(23)10-13)29-12-14-11-25(7-8-28-14)21(27)15-5-3-4-6-18(15)24/h3-6,9-10,14H,2,7-8,11-12H2,1H3. The van der Waals surface area contributed by atoms with Gasteiger partial charge in [-0.05, 0) is 46.9 Å². The van der Waals surface area contributed by atoms with Crippen LogP contribution in [0.2, 0.25) is 0 Å². The van der Waals surface area contributed by atoms with E-state index in [4.69, 9.17) is 9.47 Å². The van der Waals surface area contributed by atoms with E-state index < -0.39 is 23.5 Å². The minimum absolute atomic E-state index is 0.0296. The highest BCUT2D eigenvalue weighted by Gasteiger charge is 2.27. The molecule has 3 rings (SSSR count). The molecule has 0 N–H and O–H groups in total. The molecule has 8 heteroatoms. The number of hydrogen-bond donors (Lipinski definition) is 0. The van der Waals surface area contributed by atoms with E-state index in [9.17, 15) is 18.4 Å². The molecule has 0 bridgehead atoms. The zero-order valence-electron chi connectivity index (χ0n) is 15.8. The van der Waals surface area contributed by atoms with Gasteiger partial charge < -0.3 is 14.4 Å². The van der Waals surface area contributed by atoms with Crippen molar-refractivity contribution in [3.8, 4) is 5.75 Å². The zero-order chi connectivity index (χ0) is 21.0. The van der Waals surface area contributed by atoms with E-state index >= 15 is 0 Å². The molecular formula is C21H20F2INO4. The van der Waals surface area contributed by atoms with Crippen molar-refractivity contribution in [3.63, 3.8) is 0 Å². The van der Waals surface area contributed by atoms with Gasteiger partial charge in [-0.2, -0.15) is 0 Å². The molecule has 0 saturated carbocycles. The topological polar surface area (TPSA) is 55.8 Å². The molecule has 1 aliphatic heterocycles. The number of carbonyl (C=O) groups is 2. The number of amides is 1. The second kappa shape index (κ2) is 9.62. The first-order valence-electron chi connectivity index (χ1n) is 9.21. The van der Waals surface area contributed by atoms with Crippen LogP contribution in [-0.4, -0.2) is 49.0 Å². The van der Waals surface area contributed by atoms with E-state index in [0.717, 1.165) is 15.7 Å². The molecule has 0 aliphatic carbocycles. The van der Waals surface area contributed by atoms with Crippen LogP contribution in [0.3, 0.4) is 0 Å². The fraction of sp³-hybridized carbons (Fsp3) is 0.333. The number of carbonyl (C=O) groups excluding carboxylic acids is 2. The summed E-state index contributed by atoms with van der Waals surface area (Å²) < 4.78 is 40.2. The molecule has 5 nitrogen and oxygen atoms in total. The zero-order valence-corrected chi connectivity index (χ0v) is 17.9. The van der Waals surface area contributed by atoms with Gasteiger partial charge in [-0.15, -0.1) is 0 Å². The van der Waals surface area contributed by atoms with Crippen molar-refractivity contribution in [2.45, 2.75) is 19.4 Å². The highest BCUT2D eigenvalue weighted by molar-refractivity contribution is 14.1. The molecule has 0 aromatic heterocycles. The van der Waals surface area contributed by atoms with Gasteiger partial charge in [0.25, 0.3) is 5.91 Å². The maximum atomic E-state index is 14.2. The molecule has 1 amide bonds. The third-order valence-corrected chi connectivity index (χ3v) is 5.53. The number of ether oxygens (including phenoxy) is 2. The Kier molecular flexibility index (Phi) is 7.18. The number of halogens is 3. The molecule has 2 aromatic carbocycles. The minimum atomic E-state index is -0.940. The van der Waals surface area contributed by atoms with E-state index in [0.29, 0.717) is 18.7 Å². The van der Waals surface area contributed by atoms with Gasteiger partial charge in [-0.3, -0.25) is 9.59 Å². The Morgan fingerprint density at radius 2 is 1.93 bits per heavy atom.